The van der Waals surface area contributed by atoms with Gasteiger partial charge in [-0.05, 0) is 31.1 Å². The van der Waals surface area contributed by atoms with Crippen molar-refractivity contribution in [2.24, 2.45) is 11.8 Å². The van der Waals surface area contributed by atoms with E-state index in [2.05, 4.69) is 34.6 Å². The predicted molar refractivity (Wildman–Crippen MR) is 256 cm³/mol. The fraction of sp³-hybridized carbons (Fsp3) is 0.944. The predicted octanol–water partition coefficient (Wildman–Crippen LogP) is 17.3. The van der Waals surface area contributed by atoms with Crippen molar-refractivity contribution in [1.82, 2.24) is 0 Å². The highest BCUT2D eigenvalue weighted by atomic mass is 16.6. The molecule has 60 heavy (non-hydrogen) atoms. The quantitative estimate of drug-likeness (QED) is 0.0345. The molecule has 0 aliphatic heterocycles. The van der Waals surface area contributed by atoms with Gasteiger partial charge in [0, 0.05) is 19.3 Å². The smallest absolute Gasteiger partial charge is 0.306 e. The van der Waals surface area contributed by atoms with E-state index >= 15 is 0 Å². The first-order chi connectivity index (χ1) is 29.2. The molecule has 6 heteroatoms. The Morgan fingerprint density at radius 2 is 0.550 bits per heavy atom. The second-order valence-corrected chi connectivity index (χ2v) is 19.5. The number of unbranched alkanes of at least 4 members (excludes halogenated alkanes) is 33. The molecule has 6 nitrogen and oxygen atoms in total. The van der Waals surface area contributed by atoms with Crippen LogP contribution in [0.15, 0.2) is 0 Å². The molecule has 0 heterocycles. The Morgan fingerprint density at radius 1 is 0.317 bits per heavy atom. The largest absolute Gasteiger partial charge is 0.462 e. The van der Waals surface area contributed by atoms with Gasteiger partial charge in [-0.2, -0.15) is 0 Å². The number of hydrogen-bond donors (Lipinski definition) is 0. The van der Waals surface area contributed by atoms with Crippen LogP contribution in [0.2, 0.25) is 0 Å². The summed E-state index contributed by atoms with van der Waals surface area (Å²) in [6.07, 6.45) is 48.1. The van der Waals surface area contributed by atoms with Gasteiger partial charge in [0.2, 0.25) is 0 Å². The molecule has 0 aliphatic carbocycles. The number of ether oxygens (including phenoxy) is 3. The topological polar surface area (TPSA) is 78.9 Å². The summed E-state index contributed by atoms with van der Waals surface area (Å²) < 4.78 is 16.8. The van der Waals surface area contributed by atoms with Gasteiger partial charge in [0.25, 0.3) is 0 Å². The maximum absolute atomic E-state index is 12.8. The van der Waals surface area contributed by atoms with Crippen LogP contribution in [-0.4, -0.2) is 37.2 Å². The summed E-state index contributed by atoms with van der Waals surface area (Å²) in [5.74, 6) is 0.788. The van der Waals surface area contributed by atoms with Gasteiger partial charge in [-0.15, -0.1) is 0 Å². The van der Waals surface area contributed by atoms with Crippen LogP contribution in [-0.2, 0) is 28.6 Å². The zero-order chi connectivity index (χ0) is 44.0. The minimum absolute atomic E-state index is 0.0636. The zero-order valence-corrected chi connectivity index (χ0v) is 41.1. The first-order valence-electron chi connectivity index (χ1n) is 26.7. The lowest BCUT2D eigenvalue weighted by atomic mass is 10.0. The Kier molecular flexibility index (Phi) is 45.7. The molecule has 356 valence electrons. The van der Waals surface area contributed by atoms with Crippen LogP contribution in [0.25, 0.3) is 0 Å². The average molecular weight is 849 g/mol. The number of carbonyl (C=O) groups excluding carboxylic acids is 3. The first kappa shape index (κ1) is 58.4. The third-order valence-corrected chi connectivity index (χ3v) is 12.2. The van der Waals surface area contributed by atoms with Crippen molar-refractivity contribution in [2.45, 2.75) is 304 Å². The lowest BCUT2D eigenvalue weighted by Crippen LogP contribution is -2.30. The molecule has 0 aliphatic rings. The Bertz CT molecular complexity index is 916. The second kappa shape index (κ2) is 46.9. The van der Waals surface area contributed by atoms with E-state index in [0.29, 0.717) is 19.3 Å². The summed E-state index contributed by atoms with van der Waals surface area (Å²) in [7, 11) is 0. The monoisotopic (exact) mass is 849 g/mol. The van der Waals surface area contributed by atoms with Gasteiger partial charge in [-0.1, -0.05) is 259 Å². The Labute approximate surface area is 374 Å². The van der Waals surface area contributed by atoms with Gasteiger partial charge in [0.05, 0.1) is 0 Å². The molecule has 0 aromatic carbocycles. The summed E-state index contributed by atoms with van der Waals surface area (Å²) in [4.78, 5) is 38.0. The Morgan fingerprint density at radius 3 is 0.817 bits per heavy atom. The molecule has 0 spiro atoms. The van der Waals surface area contributed by atoms with Gasteiger partial charge in [0.15, 0.2) is 6.10 Å². The first-order valence-corrected chi connectivity index (χ1v) is 26.7. The third kappa shape index (κ3) is 47.5. The van der Waals surface area contributed by atoms with E-state index in [0.717, 1.165) is 69.6 Å². The highest BCUT2D eigenvalue weighted by Crippen LogP contribution is 2.17. The second-order valence-electron chi connectivity index (χ2n) is 19.5. The minimum atomic E-state index is -0.762. The van der Waals surface area contributed by atoms with Gasteiger partial charge in [-0.3, -0.25) is 14.4 Å². The summed E-state index contributed by atoms with van der Waals surface area (Å²) in [5, 5.41) is 0. The van der Waals surface area contributed by atoms with Crippen molar-refractivity contribution >= 4 is 17.9 Å². The molecule has 0 amide bonds. The molecule has 0 rings (SSSR count). The molecular weight excluding hydrogens is 745 g/mol. The maximum atomic E-state index is 12.8. The number of carbonyl (C=O) groups is 3. The Balaban J connectivity index is 4.30. The lowest BCUT2D eigenvalue weighted by molar-refractivity contribution is -0.167. The van der Waals surface area contributed by atoms with E-state index in [1.54, 1.807) is 0 Å². The van der Waals surface area contributed by atoms with E-state index in [1.165, 1.54) is 186 Å². The Hall–Kier alpha value is -1.59. The van der Waals surface area contributed by atoms with Gasteiger partial charge in [-0.25, -0.2) is 0 Å². The minimum Gasteiger partial charge on any atom is -0.462 e. The number of hydrogen-bond acceptors (Lipinski definition) is 6. The van der Waals surface area contributed by atoms with Crippen LogP contribution in [0.5, 0.6) is 0 Å². The lowest BCUT2D eigenvalue weighted by Gasteiger charge is -2.18. The fourth-order valence-electron chi connectivity index (χ4n) is 8.17. The standard InChI is InChI=1S/C54H104O6/c1-6-7-8-9-10-11-12-13-14-17-20-23-29-34-39-44-52(55)58-47-51(48-59-53(56)45-40-35-30-26-25-28-33-38-43-50(4)5)60-54(57)46-41-36-31-24-21-18-15-16-19-22-27-32-37-42-49(2)3/h49-51H,6-48H2,1-5H3/t51-/m1/s1. The van der Waals surface area contributed by atoms with Crippen LogP contribution in [0.4, 0.5) is 0 Å². The molecule has 0 saturated heterocycles. The normalized spacial score (nSPS) is 12.1. The summed E-state index contributed by atoms with van der Waals surface area (Å²) in [6.45, 7) is 11.4. The van der Waals surface area contributed by atoms with Crippen molar-refractivity contribution < 1.29 is 28.6 Å². The summed E-state index contributed by atoms with van der Waals surface area (Å²) in [6, 6.07) is 0. The summed E-state index contributed by atoms with van der Waals surface area (Å²) >= 11 is 0. The van der Waals surface area contributed by atoms with Crippen molar-refractivity contribution in [3.05, 3.63) is 0 Å². The van der Waals surface area contributed by atoms with E-state index in [-0.39, 0.29) is 31.1 Å². The molecule has 0 bridgehead atoms. The zero-order valence-electron chi connectivity index (χ0n) is 41.1. The average Bonchev–Trinajstić information content (AvgIpc) is 3.22. The molecule has 0 fully saturated rings. The highest BCUT2D eigenvalue weighted by Gasteiger charge is 2.19. The van der Waals surface area contributed by atoms with Crippen LogP contribution >= 0.6 is 0 Å². The third-order valence-electron chi connectivity index (χ3n) is 12.2. The van der Waals surface area contributed by atoms with Crippen LogP contribution < -0.4 is 0 Å². The maximum Gasteiger partial charge on any atom is 0.306 e. The van der Waals surface area contributed by atoms with Gasteiger partial charge in [0.1, 0.15) is 13.2 Å². The van der Waals surface area contributed by atoms with Crippen molar-refractivity contribution in [3.63, 3.8) is 0 Å². The van der Waals surface area contributed by atoms with Crippen molar-refractivity contribution in [1.29, 1.82) is 0 Å². The molecule has 0 saturated carbocycles. The van der Waals surface area contributed by atoms with Gasteiger partial charge >= 0.3 is 17.9 Å². The molecule has 0 radical (unpaired) electrons. The van der Waals surface area contributed by atoms with Crippen molar-refractivity contribution in [2.75, 3.05) is 13.2 Å². The molecule has 0 unspecified atom stereocenters. The van der Waals surface area contributed by atoms with Crippen LogP contribution in [0, 0.1) is 11.8 Å². The van der Waals surface area contributed by atoms with Crippen molar-refractivity contribution in [3.8, 4) is 0 Å². The molecular formula is C54H104O6. The highest BCUT2D eigenvalue weighted by molar-refractivity contribution is 5.71. The molecule has 1 atom stereocenters. The molecule has 0 N–H and O–H groups in total. The van der Waals surface area contributed by atoms with E-state index in [4.69, 9.17) is 14.2 Å². The van der Waals surface area contributed by atoms with Crippen LogP contribution in [0.3, 0.4) is 0 Å². The molecule has 0 aromatic rings. The number of esters is 3. The summed E-state index contributed by atoms with van der Waals surface area (Å²) in [5.41, 5.74) is 0. The van der Waals surface area contributed by atoms with E-state index in [9.17, 15) is 14.4 Å². The molecule has 0 aromatic heterocycles. The SMILES string of the molecule is CCCCCCCCCCCCCCCCCC(=O)OC[C@H](COC(=O)CCCCCCCCCCC(C)C)OC(=O)CCCCCCCCCCCCCCCC(C)C. The van der Waals surface area contributed by atoms with E-state index < -0.39 is 6.10 Å². The van der Waals surface area contributed by atoms with Crippen LogP contribution in [0.1, 0.15) is 298 Å². The fourth-order valence-corrected chi connectivity index (χ4v) is 8.17. The van der Waals surface area contributed by atoms with E-state index in [1.807, 2.05) is 0 Å². The van der Waals surface area contributed by atoms with Gasteiger partial charge < -0.3 is 14.2 Å². The number of rotatable bonds is 48.